The summed E-state index contributed by atoms with van der Waals surface area (Å²) in [6.45, 7) is 4.37. The molecule has 0 saturated heterocycles. The van der Waals surface area contributed by atoms with E-state index in [4.69, 9.17) is 22.1 Å². The number of aryl methyl sites for hydroxylation is 2. The number of nitrogens with two attached hydrogens (primary N) is 1. The van der Waals surface area contributed by atoms with Crippen molar-refractivity contribution < 1.29 is 9.53 Å². The van der Waals surface area contributed by atoms with Crippen molar-refractivity contribution in [3.63, 3.8) is 0 Å². The lowest BCUT2D eigenvalue weighted by Crippen LogP contribution is -2.24. The summed E-state index contributed by atoms with van der Waals surface area (Å²) in [7, 11) is 0. The molecule has 120 valence electrons. The lowest BCUT2D eigenvalue weighted by atomic mass is 10.0. The molecule has 2 aromatic rings. The zero-order valence-corrected chi connectivity index (χ0v) is 13.7. The Morgan fingerprint density at radius 2 is 2.04 bits per heavy atom. The Hall–Kier alpha value is -2.53. The summed E-state index contributed by atoms with van der Waals surface area (Å²) in [6.07, 6.45) is 1.55. The summed E-state index contributed by atoms with van der Waals surface area (Å²) < 4.78 is 5.78. The Morgan fingerprint density at radius 1 is 1.30 bits per heavy atom. The first-order valence-electron chi connectivity index (χ1n) is 7.03. The van der Waals surface area contributed by atoms with Gasteiger partial charge in [0.15, 0.2) is 0 Å². The number of para-hydroxylation sites is 1. The summed E-state index contributed by atoms with van der Waals surface area (Å²) >= 11 is 6.09. The van der Waals surface area contributed by atoms with Crippen molar-refractivity contribution >= 4 is 23.8 Å². The number of rotatable bonds is 5. The Kier molecular flexibility index (Phi) is 5.60. The molecule has 0 saturated carbocycles. The van der Waals surface area contributed by atoms with E-state index in [1.165, 1.54) is 0 Å². The summed E-state index contributed by atoms with van der Waals surface area (Å²) in [5.41, 5.74) is 11.2. The third kappa shape index (κ3) is 4.72. The SMILES string of the molecule is Cc1cc(C)c(COc2ccccc2Cl)cc1/C=N\NC(N)=O. The average molecular weight is 332 g/mol. The van der Waals surface area contributed by atoms with Gasteiger partial charge in [-0.25, -0.2) is 10.2 Å². The van der Waals surface area contributed by atoms with Crippen molar-refractivity contribution in [3.05, 3.63) is 63.7 Å². The molecule has 0 aliphatic carbocycles. The molecule has 23 heavy (non-hydrogen) atoms. The summed E-state index contributed by atoms with van der Waals surface area (Å²) in [5, 5.41) is 4.37. The molecule has 2 amide bonds. The predicted octanol–water partition coefficient (Wildman–Crippen LogP) is 3.54. The van der Waals surface area contributed by atoms with Crippen LogP contribution in [0.1, 0.15) is 22.3 Å². The quantitative estimate of drug-likeness (QED) is 0.649. The molecule has 0 aromatic heterocycles. The molecule has 0 fully saturated rings. The Bertz CT molecular complexity index is 745. The molecule has 0 spiro atoms. The number of amides is 2. The second-order valence-electron chi connectivity index (χ2n) is 5.09. The Morgan fingerprint density at radius 3 is 2.74 bits per heavy atom. The maximum atomic E-state index is 10.7. The molecule has 2 rings (SSSR count). The highest BCUT2D eigenvalue weighted by atomic mass is 35.5. The van der Waals surface area contributed by atoms with Crippen LogP contribution in [-0.4, -0.2) is 12.2 Å². The number of hydrogen-bond donors (Lipinski definition) is 2. The minimum atomic E-state index is -0.701. The van der Waals surface area contributed by atoms with E-state index in [1.54, 1.807) is 12.3 Å². The highest BCUT2D eigenvalue weighted by molar-refractivity contribution is 6.32. The van der Waals surface area contributed by atoms with Crippen molar-refractivity contribution in [1.29, 1.82) is 0 Å². The zero-order chi connectivity index (χ0) is 16.8. The van der Waals surface area contributed by atoms with E-state index in [-0.39, 0.29) is 0 Å². The summed E-state index contributed by atoms with van der Waals surface area (Å²) in [4.78, 5) is 10.7. The first-order valence-corrected chi connectivity index (χ1v) is 7.41. The fourth-order valence-corrected chi connectivity index (χ4v) is 2.28. The maximum absolute atomic E-state index is 10.7. The van der Waals surface area contributed by atoms with Gasteiger partial charge in [-0.05, 0) is 54.3 Å². The molecule has 0 heterocycles. The van der Waals surface area contributed by atoms with Crippen LogP contribution in [0.4, 0.5) is 4.79 Å². The number of carbonyl (C=O) groups is 1. The van der Waals surface area contributed by atoms with Gasteiger partial charge in [-0.3, -0.25) is 0 Å². The number of nitrogens with one attached hydrogen (secondary N) is 1. The van der Waals surface area contributed by atoms with Gasteiger partial charge in [0.25, 0.3) is 0 Å². The third-order valence-corrected chi connectivity index (χ3v) is 3.64. The number of primary amides is 1. The average Bonchev–Trinajstić information content (AvgIpc) is 2.49. The Labute approximate surface area is 140 Å². The van der Waals surface area contributed by atoms with Gasteiger partial charge in [0.05, 0.1) is 11.2 Å². The topological polar surface area (TPSA) is 76.7 Å². The van der Waals surface area contributed by atoms with Crippen molar-refractivity contribution in [2.75, 3.05) is 0 Å². The largest absolute Gasteiger partial charge is 0.487 e. The zero-order valence-electron chi connectivity index (χ0n) is 13.0. The van der Waals surface area contributed by atoms with E-state index in [0.29, 0.717) is 17.4 Å². The van der Waals surface area contributed by atoms with Crippen molar-refractivity contribution in [3.8, 4) is 5.75 Å². The van der Waals surface area contributed by atoms with E-state index in [1.807, 2.05) is 44.2 Å². The van der Waals surface area contributed by atoms with Gasteiger partial charge in [0.2, 0.25) is 0 Å². The number of halogens is 1. The smallest absolute Gasteiger partial charge is 0.332 e. The number of hydrazone groups is 1. The molecule has 0 aliphatic heterocycles. The van der Waals surface area contributed by atoms with E-state index in [0.717, 1.165) is 22.3 Å². The summed E-state index contributed by atoms with van der Waals surface area (Å²) in [5.74, 6) is 0.639. The Balaban J connectivity index is 2.17. The standard InChI is InChI=1S/C17H18ClN3O2/c1-11-7-12(2)14(8-13(11)9-20-21-17(19)22)10-23-16-6-4-3-5-15(16)18/h3-9H,10H2,1-2H3,(H3,19,21,22)/b20-9-. The van der Waals surface area contributed by atoms with Crippen LogP contribution in [0.2, 0.25) is 5.02 Å². The van der Waals surface area contributed by atoms with E-state index in [9.17, 15) is 4.79 Å². The van der Waals surface area contributed by atoms with Gasteiger partial charge < -0.3 is 10.5 Å². The van der Waals surface area contributed by atoms with Crippen LogP contribution in [0.25, 0.3) is 0 Å². The van der Waals surface area contributed by atoms with Crippen LogP contribution in [0, 0.1) is 13.8 Å². The fourth-order valence-electron chi connectivity index (χ4n) is 2.09. The van der Waals surface area contributed by atoms with Crippen LogP contribution in [0.5, 0.6) is 5.75 Å². The minimum absolute atomic E-state index is 0.389. The number of hydrogen-bond acceptors (Lipinski definition) is 3. The highest BCUT2D eigenvalue weighted by Crippen LogP contribution is 2.25. The molecule has 6 heteroatoms. The third-order valence-electron chi connectivity index (χ3n) is 3.32. The monoisotopic (exact) mass is 331 g/mol. The molecular formula is C17H18ClN3O2. The molecule has 0 atom stereocenters. The van der Waals surface area contributed by atoms with E-state index >= 15 is 0 Å². The molecule has 0 unspecified atom stereocenters. The highest BCUT2D eigenvalue weighted by Gasteiger charge is 2.06. The number of nitrogens with zero attached hydrogens (tertiary/aromatic N) is 1. The minimum Gasteiger partial charge on any atom is -0.487 e. The first kappa shape index (κ1) is 16.8. The second-order valence-corrected chi connectivity index (χ2v) is 5.50. The number of benzene rings is 2. The van der Waals surface area contributed by atoms with Crippen molar-refractivity contribution in [2.24, 2.45) is 10.8 Å². The van der Waals surface area contributed by atoms with Gasteiger partial charge in [0, 0.05) is 0 Å². The molecule has 3 N–H and O–H groups in total. The maximum Gasteiger partial charge on any atom is 0.332 e. The number of ether oxygens (including phenoxy) is 1. The molecule has 5 nitrogen and oxygen atoms in total. The summed E-state index contributed by atoms with van der Waals surface area (Å²) in [6, 6.07) is 10.6. The lowest BCUT2D eigenvalue weighted by Gasteiger charge is -2.12. The van der Waals surface area contributed by atoms with Crippen molar-refractivity contribution in [1.82, 2.24) is 5.43 Å². The molecular weight excluding hydrogens is 314 g/mol. The van der Waals surface area contributed by atoms with Gasteiger partial charge in [-0.1, -0.05) is 29.8 Å². The molecule has 2 aromatic carbocycles. The molecule has 0 radical (unpaired) electrons. The van der Waals surface area contributed by atoms with Crippen LogP contribution >= 0.6 is 11.6 Å². The number of urea groups is 1. The van der Waals surface area contributed by atoms with Gasteiger partial charge >= 0.3 is 6.03 Å². The van der Waals surface area contributed by atoms with Gasteiger partial charge in [-0.2, -0.15) is 5.10 Å². The van der Waals surface area contributed by atoms with Gasteiger partial charge in [-0.15, -0.1) is 0 Å². The predicted molar refractivity (Wildman–Crippen MR) is 92.0 cm³/mol. The fraction of sp³-hybridized carbons (Fsp3) is 0.176. The normalized spacial score (nSPS) is 10.7. The van der Waals surface area contributed by atoms with E-state index < -0.39 is 6.03 Å². The van der Waals surface area contributed by atoms with Crippen molar-refractivity contribution in [2.45, 2.75) is 20.5 Å². The van der Waals surface area contributed by atoms with Crippen LogP contribution in [0.15, 0.2) is 41.5 Å². The van der Waals surface area contributed by atoms with Gasteiger partial charge in [0.1, 0.15) is 12.4 Å². The van der Waals surface area contributed by atoms with E-state index in [2.05, 4.69) is 10.5 Å². The second kappa shape index (κ2) is 7.65. The molecule has 0 bridgehead atoms. The molecule has 0 aliphatic rings. The number of carbonyl (C=O) groups excluding carboxylic acids is 1. The first-order chi connectivity index (χ1) is 11.0. The van der Waals surface area contributed by atoms with Crippen LogP contribution in [-0.2, 0) is 6.61 Å². The lowest BCUT2D eigenvalue weighted by molar-refractivity contribution is 0.249. The van der Waals surface area contributed by atoms with Crippen LogP contribution < -0.4 is 15.9 Å². The van der Waals surface area contributed by atoms with Crippen LogP contribution in [0.3, 0.4) is 0 Å².